The summed E-state index contributed by atoms with van der Waals surface area (Å²) in [5.74, 6) is -2.09. The Labute approximate surface area is 230 Å². The van der Waals surface area contributed by atoms with Crippen molar-refractivity contribution in [2.45, 2.75) is 57.3 Å². The number of hydrogen-bond acceptors (Lipinski definition) is 8. The van der Waals surface area contributed by atoms with Crippen LogP contribution in [0.2, 0.25) is 0 Å². The summed E-state index contributed by atoms with van der Waals surface area (Å²) in [7, 11) is 2.97. The molecule has 0 saturated carbocycles. The molecule has 2 aliphatic heterocycles. The lowest BCUT2D eigenvalue weighted by atomic mass is 10.0. The van der Waals surface area contributed by atoms with E-state index in [9.17, 15) is 24.0 Å². The largest absolute Gasteiger partial charge is 0.456 e. The first-order chi connectivity index (χ1) is 18.2. The molecule has 0 aromatic heterocycles. The van der Waals surface area contributed by atoms with Crippen molar-refractivity contribution in [3.8, 4) is 0 Å². The Bertz CT molecular complexity index is 1040. The van der Waals surface area contributed by atoms with Gasteiger partial charge in [-0.1, -0.05) is 71.8 Å². The van der Waals surface area contributed by atoms with Gasteiger partial charge in [0.15, 0.2) is 0 Å². The molecule has 206 valence electrons. The fraction of sp³-hybridized carbons (Fsp3) is 0.500. The average molecular weight is 563 g/mol. The van der Waals surface area contributed by atoms with Crippen molar-refractivity contribution >= 4 is 51.2 Å². The van der Waals surface area contributed by atoms with Crippen LogP contribution in [0.25, 0.3) is 0 Å². The van der Waals surface area contributed by atoms with Crippen LogP contribution in [0.5, 0.6) is 0 Å². The number of carbonyl (C=O) groups excluding carboxylic acids is 5. The molecule has 4 atom stereocenters. The second-order valence-electron chi connectivity index (χ2n) is 9.37. The van der Waals surface area contributed by atoms with Crippen molar-refractivity contribution in [1.82, 2.24) is 21.3 Å². The molecule has 12 heteroatoms. The van der Waals surface area contributed by atoms with E-state index in [4.69, 9.17) is 4.74 Å². The van der Waals surface area contributed by atoms with E-state index in [1.807, 2.05) is 36.4 Å². The van der Waals surface area contributed by atoms with E-state index in [1.165, 1.54) is 21.6 Å². The van der Waals surface area contributed by atoms with E-state index in [0.717, 1.165) is 5.56 Å². The molecule has 1 saturated heterocycles. The van der Waals surface area contributed by atoms with Crippen LogP contribution in [0, 0.1) is 5.92 Å². The molecule has 2 unspecified atom stereocenters. The minimum Gasteiger partial charge on any atom is -0.456 e. The normalized spacial score (nSPS) is 27.3. The van der Waals surface area contributed by atoms with Crippen molar-refractivity contribution < 1.29 is 28.7 Å². The van der Waals surface area contributed by atoms with Crippen LogP contribution in [0.1, 0.15) is 32.3 Å². The van der Waals surface area contributed by atoms with Gasteiger partial charge in [0.1, 0.15) is 30.8 Å². The number of benzene rings is 1. The highest BCUT2D eigenvalue weighted by Crippen LogP contribution is 2.24. The highest BCUT2D eigenvalue weighted by atomic mass is 33.1. The first-order valence-corrected chi connectivity index (χ1v) is 15.0. The van der Waals surface area contributed by atoms with Crippen LogP contribution in [0.4, 0.5) is 0 Å². The predicted molar refractivity (Wildman–Crippen MR) is 147 cm³/mol. The van der Waals surface area contributed by atoms with Crippen molar-refractivity contribution in [1.29, 1.82) is 0 Å². The van der Waals surface area contributed by atoms with Gasteiger partial charge >= 0.3 is 5.97 Å². The fourth-order valence-corrected chi connectivity index (χ4v) is 6.06. The smallest absolute Gasteiger partial charge is 0.326 e. The van der Waals surface area contributed by atoms with Gasteiger partial charge in [-0.15, -0.1) is 0 Å². The second kappa shape index (κ2) is 14.8. The maximum absolute atomic E-state index is 13.4. The maximum atomic E-state index is 13.4. The van der Waals surface area contributed by atoms with Crippen molar-refractivity contribution in [3.63, 3.8) is 0 Å². The standard InChI is InChI=1S/C26H34N4O6S2/c1-16(2)23-26(35)29-20-15-38-37-11-7-6-10-18(13-21(31)30-23)36-22(32)14-27-24(33)19(28-25(20)34)12-17-8-4-3-5-9-17/h3-6,8-10,16,18-20,23H,7,11-15H2,1-2H3,(H,27,33)(H,28,34)(H,29,35)(H,30,31)/b10-6+/t18?,19?,20-,23-/m1/s1. The molecular formula is C26H34N4O6S2. The summed E-state index contributed by atoms with van der Waals surface area (Å²) in [6, 6.07) is 6.32. The number of amides is 4. The van der Waals surface area contributed by atoms with Gasteiger partial charge in [0.2, 0.25) is 23.6 Å². The summed E-state index contributed by atoms with van der Waals surface area (Å²) in [6.45, 7) is 3.15. The molecule has 4 N–H and O–H groups in total. The summed E-state index contributed by atoms with van der Waals surface area (Å²) in [4.78, 5) is 65.1. The highest BCUT2D eigenvalue weighted by Gasteiger charge is 2.32. The number of carbonyl (C=O) groups is 5. The Kier molecular flexibility index (Phi) is 11.5. The molecule has 1 aromatic rings. The van der Waals surface area contributed by atoms with Crippen LogP contribution in [-0.4, -0.2) is 71.9 Å². The molecule has 2 aliphatic rings. The molecular weight excluding hydrogens is 528 g/mol. The topological polar surface area (TPSA) is 143 Å². The SMILES string of the molecule is CC(C)[C@H]1NC(=O)CC2/C=C/CCSSC[C@@H](NC1=O)C(=O)NC(Cc1ccccc1)C(=O)NCC(=O)O2. The van der Waals surface area contributed by atoms with Crippen molar-refractivity contribution in [2.24, 2.45) is 5.92 Å². The lowest BCUT2D eigenvalue weighted by Crippen LogP contribution is -2.59. The number of esters is 1. The Morgan fingerprint density at radius 2 is 1.71 bits per heavy atom. The number of rotatable bonds is 3. The quantitative estimate of drug-likeness (QED) is 0.244. The van der Waals surface area contributed by atoms with Crippen molar-refractivity contribution in [3.05, 3.63) is 48.0 Å². The number of hydrogen-bond donors (Lipinski definition) is 4. The zero-order chi connectivity index (χ0) is 27.5. The molecule has 38 heavy (non-hydrogen) atoms. The molecule has 10 nitrogen and oxygen atoms in total. The molecule has 4 amide bonds. The summed E-state index contributed by atoms with van der Waals surface area (Å²) in [5.41, 5.74) is 0.814. The second-order valence-corrected chi connectivity index (χ2v) is 12.0. The molecule has 0 radical (unpaired) electrons. The maximum Gasteiger partial charge on any atom is 0.326 e. The first-order valence-electron chi connectivity index (χ1n) is 12.5. The predicted octanol–water partition coefficient (Wildman–Crippen LogP) is 1.11. The van der Waals surface area contributed by atoms with Crippen LogP contribution < -0.4 is 21.3 Å². The van der Waals surface area contributed by atoms with Gasteiger partial charge < -0.3 is 26.0 Å². The van der Waals surface area contributed by atoms with E-state index < -0.39 is 60.4 Å². The van der Waals surface area contributed by atoms with Crippen molar-refractivity contribution in [2.75, 3.05) is 18.1 Å². The Hall–Kier alpha value is -2.99. The van der Waals surface area contributed by atoms with Gasteiger partial charge in [-0.25, -0.2) is 0 Å². The summed E-state index contributed by atoms with van der Waals surface area (Å²) < 4.78 is 5.48. The van der Waals surface area contributed by atoms with Gasteiger partial charge in [0.25, 0.3) is 0 Å². The first kappa shape index (κ1) is 29.6. The average Bonchev–Trinajstić information content (AvgIpc) is 2.88. The summed E-state index contributed by atoms with van der Waals surface area (Å²) in [6.07, 6.45) is 3.28. The summed E-state index contributed by atoms with van der Waals surface area (Å²) >= 11 is 0. The van der Waals surface area contributed by atoms with Gasteiger partial charge in [0, 0.05) is 17.9 Å². The monoisotopic (exact) mass is 562 g/mol. The van der Waals surface area contributed by atoms with Gasteiger partial charge in [-0.05, 0) is 24.0 Å². The van der Waals surface area contributed by atoms with E-state index >= 15 is 0 Å². The van der Waals surface area contributed by atoms with E-state index in [-0.39, 0.29) is 24.5 Å². The van der Waals surface area contributed by atoms with E-state index in [2.05, 4.69) is 21.3 Å². The minimum atomic E-state index is -0.991. The molecule has 2 heterocycles. The third kappa shape index (κ3) is 9.39. The number of nitrogens with one attached hydrogen (secondary N) is 4. The number of allylic oxidation sites excluding steroid dienone is 1. The lowest BCUT2D eigenvalue weighted by Gasteiger charge is -2.27. The Morgan fingerprint density at radius 1 is 0.947 bits per heavy atom. The van der Waals surface area contributed by atoms with E-state index in [0.29, 0.717) is 12.2 Å². The minimum absolute atomic E-state index is 0.185. The zero-order valence-electron chi connectivity index (χ0n) is 21.4. The van der Waals surface area contributed by atoms with Gasteiger partial charge in [0.05, 0.1) is 6.42 Å². The van der Waals surface area contributed by atoms with Crippen LogP contribution in [0.3, 0.4) is 0 Å². The third-order valence-electron chi connectivity index (χ3n) is 5.93. The summed E-state index contributed by atoms with van der Waals surface area (Å²) in [5, 5.41) is 10.8. The number of fused-ring (bicyclic) bond motifs is 7. The molecule has 1 aromatic carbocycles. The Balaban J connectivity index is 1.96. The zero-order valence-corrected chi connectivity index (χ0v) is 23.1. The molecule has 0 spiro atoms. The van der Waals surface area contributed by atoms with Gasteiger partial charge in [-0.2, -0.15) is 0 Å². The number of ether oxygens (including phenoxy) is 1. The van der Waals surface area contributed by atoms with Crippen LogP contribution in [0.15, 0.2) is 42.5 Å². The fourth-order valence-electron chi connectivity index (χ4n) is 3.91. The molecule has 1 fully saturated rings. The molecule has 3 rings (SSSR count). The molecule has 0 aliphatic carbocycles. The third-order valence-corrected chi connectivity index (χ3v) is 8.37. The highest BCUT2D eigenvalue weighted by molar-refractivity contribution is 8.76. The van der Waals surface area contributed by atoms with E-state index in [1.54, 1.807) is 19.9 Å². The Morgan fingerprint density at radius 3 is 2.45 bits per heavy atom. The lowest BCUT2D eigenvalue weighted by molar-refractivity contribution is -0.148. The molecule has 2 bridgehead atoms. The van der Waals surface area contributed by atoms with Crippen LogP contribution >= 0.6 is 21.6 Å². The van der Waals surface area contributed by atoms with Crippen LogP contribution in [-0.2, 0) is 35.1 Å². The van der Waals surface area contributed by atoms with Gasteiger partial charge in [-0.3, -0.25) is 24.0 Å².